The number of unbranched alkanes of at least 4 members (excludes halogenated alkanes) is 5. The predicted octanol–water partition coefficient (Wildman–Crippen LogP) is -0.434. The number of nitrogens with one attached hydrogen (secondary N) is 1. The number of aliphatic hydroxyl groups excluding tert-OH is 5. The van der Waals surface area contributed by atoms with Crippen molar-refractivity contribution in [2.24, 2.45) is 0 Å². The van der Waals surface area contributed by atoms with Crippen molar-refractivity contribution in [3.05, 3.63) is 0 Å². The number of hydrogen-bond acceptors (Lipinski definition) is 11. The van der Waals surface area contributed by atoms with Gasteiger partial charge < -0.3 is 54.5 Å². The summed E-state index contributed by atoms with van der Waals surface area (Å²) in [6.07, 6.45) is -3.79. The summed E-state index contributed by atoms with van der Waals surface area (Å²) in [5, 5.41) is 54.1. The minimum absolute atomic E-state index is 0.283. The second-order valence-corrected chi connectivity index (χ2v) is 9.72. The SMILES string of the molecule is CCCCCCCCO[C@@H]1O[C@H](CO)[C@H](O[C@@H]2O[C@H](CO)[C@H](O)[C@H](O)[C@H]2NC(C)=O)[C@H](OCCC)[C@H]1O. The molecule has 12 nitrogen and oxygen atoms in total. The largest absolute Gasteiger partial charge is 0.394 e. The average molecular weight is 538 g/mol. The molecule has 1 amide bonds. The summed E-state index contributed by atoms with van der Waals surface area (Å²) < 4.78 is 29.3. The van der Waals surface area contributed by atoms with E-state index in [0.29, 0.717) is 13.0 Å². The van der Waals surface area contributed by atoms with Crippen LogP contribution in [0.25, 0.3) is 0 Å². The molecule has 0 unspecified atom stereocenters. The highest BCUT2D eigenvalue weighted by Crippen LogP contribution is 2.31. The third kappa shape index (κ3) is 9.34. The third-order valence-electron chi connectivity index (χ3n) is 6.63. The Labute approximate surface area is 219 Å². The van der Waals surface area contributed by atoms with Crippen molar-refractivity contribution in [3.8, 4) is 0 Å². The van der Waals surface area contributed by atoms with E-state index in [0.717, 1.165) is 19.3 Å². The monoisotopic (exact) mass is 537 g/mol. The number of amides is 1. The lowest BCUT2D eigenvalue weighted by Crippen LogP contribution is -2.68. The van der Waals surface area contributed by atoms with Gasteiger partial charge in [0.05, 0.1) is 13.2 Å². The first-order chi connectivity index (χ1) is 17.8. The van der Waals surface area contributed by atoms with Gasteiger partial charge in [-0.25, -0.2) is 0 Å². The van der Waals surface area contributed by atoms with E-state index in [1.54, 1.807) is 0 Å². The van der Waals surface area contributed by atoms with Gasteiger partial charge in [0.25, 0.3) is 0 Å². The summed E-state index contributed by atoms with van der Waals surface area (Å²) in [5.41, 5.74) is 0. The Morgan fingerprint density at radius 2 is 1.41 bits per heavy atom. The molecule has 10 atom stereocenters. The van der Waals surface area contributed by atoms with Crippen molar-refractivity contribution >= 4 is 5.91 Å². The van der Waals surface area contributed by atoms with Gasteiger partial charge in [-0.1, -0.05) is 46.0 Å². The second-order valence-electron chi connectivity index (χ2n) is 9.72. The van der Waals surface area contributed by atoms with Crippen LogP contribution < -0.4 is 5.32 Å². The molecule has 0 saturated carbocycles. The Balaban J connectivity index is 2.14. The van der Waals surface area contributed by atoms with Gasteiger partial charge in [0.1, 0.15) is 48.8 Å². The number of hydrogen-bond donors (Lipinski definition) is 6. The maximum absolute atomic E-state index is 11.8. The molecule has 0 bridgehead atoms. The van der Waals surface area contributed by atoms with E-state index < -0.39 is 80.5 Å². The predicted molar refractivity (Wildman–Crippen MR) is 131 cm³/mol. The van der Waals surface area contributed by atoms with Crippen molar-refractivity contribution in [2.75, 3.05) is 26.4 Å². The molecule has 0 aromatic rings. The van der Waals surface area contributed by atoms with E-state index in [1.165, 1.54) is 26.2 Å². The number of rotatable bonds is 16. The Morgan fingerprint density at radius 1 is 0.757 bits per heavy atom. The van der Waals surface area contributed by atoms with Crippen LogP contribution in [0.3, 0.4) is 0 Å². The summed E-state index contributed by atoms with van der Waals surface area (Å²) in [4.78, 5) is 11.8. The molecule has 0 aromatic carbocycles. The lowest BCUT2D eigenvalue weighted by atomic mass is 9.95. The molecule has 12 heteroatoms. The molecular weight excluding hydrogens is 490 g/mol. The van der Waals surface area contributed by atoms with Gasteiger partial charge in [0, 0.05) is 20.1 Å². The Bertz CT molecular complexity index is 642. The van der Waals surface area contributed by atoms with Gasteiger partial charge in [0.15, 0.2) is 12.6 Å². The fourth-order valence-corrected chi connectivity index (χ4v) is 4.61. The first kappa shape index (κ1) is 32.3. The highest BCUT2D eigenvalue weighted by Gasteiger charge is 2.52. The number of ether oxygens (including phenoxy) is 5. The van der Waals surface area contributed by atoms with Crippen molar-refractivity contribution < 1.29 is 54.0 Å². The van der Waals surface area contributed by atoms with Crippen LogP contribution in [-0.2, 0) is 28.5 Å². The van der Waals surface area contributed by atoms with Gasteiger partial charge in [-0.15, -0.1) is 0 Å². The van der Waals surface area contributed by atoms with E-state index in [1.807, 2.05) is 6.92 Å². The van der Waals surface area contributed by atoms with Crippen LogP contribution in [0, 0.1) is 0 Å². The van der Waals surface area contributed by atoms with Crippen LogP contribution in [0.15, 0.2) is 0 Å². The topological polar surface area (TPSA) is 176 Å². The normalized spacial score (nSPS) is 36.4. The summed E-state index contributed by atoms with van der Waals surface area (Å²) in [6.45, 7) is 4.85. The van der Waals surface area contributed by atoms with Crippen LogP contribution in [0.1, 0.15) is 65.7 Å². The van der Waals surface area contributed by atoms with Gasteiger partial charge in [-0.3, -0.25) is 4.79 Å². The van der Waals surface area contributed by atoms with Crippen LogP contribution in [0.4, 0.5) is 0 Å². The van der Waals surface area contributed by atoms with E-state index in [2.05, 4.69) is 12.2 Å². The molecule has 2 aliphatic rings. The zero-order chi connectivity index (χ0) is 27.4. The Morgan fingerprint density at radius 3 is 2.03 bits per heavy atom. The fraction of sp³-hybridized carbons (Fsp3) is 0.960. The average Bonchev–Trinajstić information content (AvgIpc) is 2.88. The summed E-state index contributed by atoms with van der Waals surface area (Å²) in [7, 11) is 0. The highest BCUT2D eigenvalue weighted by atomic mass is 16.7. The molecule has 0 aliphatic carbocycles. The van der Waals surface area contributed by atoms with Crippen LogP contribution in [-0.4, -0.2) is 119 Å². The summed E-state index contributed by atoms with van der Waals surface area (Å²) >= 11 is 0. The van der Waals surface area contributed by atoms with Crippen LogP contribution in [0.2, 0.25) is 0 Å². The zero-order valence-electron chi connectivity index (χ0n) is 22.2. The fourth-order valence-electron chi connectivity index (χ4n) is 4.61. The van der Waals surface area contributed by atoms with Crippen molar-refractivity contribution in [1.29, 1.82) is 0 Å². The lowest BCUT2D eigenvalue weighted by molar-refractivity contribution is -0.351. The molecule has 6 N–H and O–H groups in total. The van der Waals surface area contributed by atoms with E-state index in [9.17, 15) is 30.3 Å². The number of carbonyl (C=O) groups excluding carboxylic acids is 1. The van der Waals surface area contributed by atoms with Gasteiger partial charge >= 0.3 is 0 Å². The number of aliphatic hydroxyl groups is 5. The molecule has 37 heavy (non-hydrogen) atoms. The van der Waals surface area contributed by atoms with Crippen molar-refractivity contribution in [2.45, 2.75) is 127 Å². The third-order valence-corrected chi connectivity index (χ3v) is 6.63. The standard InChI is InChI=1S/C25H47NO11/c1-4-6-7-8-9-10-12-34-25-21(32)23(33-11-5-2)22(17(14-28)36-25)37-24-18(26-15(3)29)20(31)19(30)16(13-27)35-24/h16-25,27-28,30-32H,4-14H2,1-3H3,(H,26,29)/t16-,17-,18-,19+,20-,21-,22+,23-,24+,25-/m1/s1. The minimum atomic E-state index is -1.51. The molecule has 2 fully saturated rings. The smallest absolute Gasteiger partial charge is 0.217 e. The summed E-state index contributed by atoms with van der Waals surface area (Å²) in [5.74, 6) is -0.503. The molecule has 0 aromatic heterocycles. The molecule has 2 saturated heterocycles. The summed E-state index contributed by atoms with van der Waals surface area (Å²) in [6, 6.07) is -1.19. The van der Waals surface area contributed by atoms with Gasteiger partial charge in [0.2, 0.25) is 5.91 Å². The van der Waals surface area contributed by atoms with Crippen molar-refractivity contribution in [1.82, 2.24) is 5.32 Å². The molecule has 2 aliphatic heterocycles. The molecule has 0 spiro atoms. The molecule has 2 rings (SSSR count). The number of carbonyl (C=O) groups is 1. The maximum atomic E-state index is 11.8. The maximum Gasteiger partial charge on any atom is 0.217 e. The van der Waals surface area contributed by atoms with Gasteiger partial charge in [-0.05, 0) is 12.8 Å². The van der Waals surface area contributed by atoms with Crippen LogP contribution >= 0.6 is 0 Å². The zero-order valence-corrected chi connectivity index (χ0v) is 22.2. The quantitative estimate of drug-likeness (QED) is 0.141. The second kappa shape index (κ2) is 16.9. The molecule has 218 valence electrons. The molecule has 0 radical (unpaired) electrons. The van der Waals surface area contributed by atoms with Crippen molar-refractivity contribution in [3.63, 3.8) is 0 Å². The Hall–Kier alpha value is -0.930. The highest BCUT2D eigenvalue weighted by molar-refractivity contribution is 5.73. The van der Waals surface area contributed by atoms with E-state index in [4.69, 9.17) is 23.7 Å². The first-order valence-corrected chi connectivity index (χ1v) is 13.5. The molecular formula is C25H47NO11. The van der Waals surface area contributed by atoms with E-state index >= 15 is 0 Å². The van der Waals surface area contributed by atoms with Gasteiger partial charge in [-0.2, -0.15) is 0 Å². The van der Waals surface area contributed by atoms with Crippen LogP contribution in [0.5, 0.6) is 0 Å². The molecule has 2 heterocycles. The minimum Gasteiger partial charge on any atom is -0.394 e. The first-order valence-electron chi connectivity index (χ1n) is 13.5. The lowest BCUT2D eigenvalue weighted by Gasteiger charge is -2.48. The Kier molecular flexibility index (Phi) is 14.8. The van der Waals surface area contributed by atoms with E-state index in [-0.39, 0.29) is 6.61 Å².